The van der Waals surface area contributed by atoms with Gasteiger partial charge in [0.25, 0.3) is 0 Å². The molecule has 3 N–H and O–H groups in total. The lowest BCUT2D eigenvalue weighted by Gasteiger charge is -2.24. The van der Waals surface area contributed by atoms with Gasteiger partial charge in [-0.25, -0.2) is 4.39 Å². The van der Waals surface area contributed by atoms with Crippen molar-refractivity contribution in [2.24, 2.45) is 17.6 Å². The molecule has 1 aromatic carbocycles. The first-order valence-corrected chi connectivity index (χ1v) is 5.65. The summed E-state index contributed by atoms with van der Waals surface area (Å²) in [6.07, 6.45) is 0. The number of hydrogen-bond acceptors (Lipinski definition) is 2. The molecule has 2 unspecified atom stereocenters. The predicted molar refractivity (Wildman–Crippen MR) is 64.3 cm³/mol. The van der Waals surface area contributed by atoms with E-state index in [1.807, 2.05) is 0 Å². The van der Waals surface area contributed by atoms with Crippen LogP contribution in [0.5, 0.6) is 0 Å². The van der Waals surface area contributed by atoms with E-state index in [0.29, 0.717) is 5.02 Å². The molecule has 17 heavy (non-hydrogen) atoms. The highest BCUT2D eigenvalue weighted by molar-refractivity contribution is 6.30. The van der Waals surface area contributed by atoms with Crippen LogP contribution in [0.3, 0.4) is 0 Å². The fraction of sp³-hybridized carbons (Fsp3) is 0.417. The zero-order valence-electron chi connectivity index (χ0n) is 9.65. The molecule has 0 aromatic heterocycles. The molecule has 0 saturated carbocycles. The van der Waals surface area contributed by atoms with Crippen molar-refractivity contribution in [2.75, 3.05) is 0 Å². The van der Waals surface area contributed by atoms with Crippen LogP contribution < -0.4 is 5.73 Å². The summed E-state index contributed by atoms with van der Waals surface area (Å²) < 4.78 is 13.6. The summed E-state index contributed by atoms with van der Waals surface area (Å²) in [6, 6.07) is 3.06. The SMILES string of the molecule is CC(C)C(C(=O)O)C(N)c1cc(Cl)ccc1F. The van der Waals surface area contributed by atoms with Gasteiger partial charge in [0.2, 0.25) is 0 Å². The Kier molecular flexibility index (Phi) is 4.48. The molecule has 1 aromatic rings. The Labute approximate surface area is 104 Å². The van der Waals surface area contributed by atoms with Crippen LogP contribution in [0.25, 0.3) is 0 Å². The standard InChI is InChI=1S/C12H15ClFNO2/c1-6(2)10(12(16)17)11(15)8-5-7(13)3-4-9(8)14/h3-6,10-11H,15H2,1-2H3,(H,16,17). The molecule has 0 aliphatic rings. The maximum absolute atomic E-state index is 13.6. The van der Waals surface area contributed by atoms with Crippen molar-refractivity contribution < 1.29 is 14.3 Å². The third-order valence-electron chi connectivity index (χ3n) is 2.71. The molecule has 0 heterocycles. The van der Waals surface area contributed by atoms with Crippen LogP contribution in [0.1, 0.15) is 25.5 Å². The van der Waals surface area contributed by atoms with Crippen LogP contribution in [0.15, 0.2) is 18.2 Å². The second-order valence-corrected chi connectivity index (χ2v) is 4.74. The molecule has 94 valence electrons. The summed E-state index contributed by atoms with van der Waals surface area (Å²) in [4.78, 5) is 11.1. The topological polar surface area (TPSA) is 63.3 Å². The van der Waals surface area contributed by atoms with E-state index in [4.69, 9.17) is 22.4 Å². The number of carboxylic acid groups (broad SMARTS) is 1. The van der Waals surface area contributed by atoms with E-state index < -0.39 is 23.7 Å². The molecular weight excluding hydrogens is 245 g/mol. The van der Waals surface area contributed by atoms with Crippen LogP contribution in [0.4, 0.5) is 4.39 Å². The monoisotopic (exact) mass is 259 g/mol. The van der Waals surface area contributed by atoms with Crippen molar-refractivity contribution >= 4 is 17.6 Å². The molecule has 0 fully saturated rings. The molecular formula is C12H15ClFNO2. The first kappa shape index (κ1) is 13.9. The average Bonchev–Trinajstić information content (AvgIpc) is 2.20. The van der Waals surface area contributed by atoms with E-state index in [2.05, 4.69) is 0 Å². The highest BCUT2D eigenvalue weighted by atomic mass is 35.5. The maximum Gasteiger partial charge on any atom is 0.308 e. The molecule has 0 saturated heterocycles. The largest absolute Gasteiger partial charge is 0.481 e. The van der Waals surface area contributed by atoms with E-state index in [9.17, 15) is 9.18 Å². The van der Waals surface area contributed by atoms with Crippen LogP contribution in [-0.4, -0.2) is 11.1 Å². The molecule has 0 radical (unpaired) electrons. The summed E-state index contributed by atoms with van der Waals surface area (Å²) in [7, 11) is 0. The predicted octanol–water partition coefficient (Wildman–Crippen LogP) is 2.84. The molecule has 0 spiro atoms. The van der Waals surface area contributed by atoms with Gasteiger partial charge in [0.1, 0.15) is 5.82 Å². The number of nitrogens with two attached hydrogens (primary N) is 1. The van der Waals surface area contributed by atoms with Gasteiger partial charge in [-0.3, -0.25) is 4.79 Å². The number of benzene rings is 1. The number of rotatable bonds is 4. The zero-order chi connectivity index (χ0) is 13.2. The average molecular weight is 260 g/mol. The summed E-state index contributed by atoms with van der Waals surface area (Å²) in [5.74, 6) is -2.61. The summed E-state index contributed by atoms with van der Waals surface area (Å²) in [5, 5.41) is 9.44. The van der Waals surface area contributed by atoms with E-state index in [-0.39, 0.29) is 11.5 Å². The van der Waals surface area contributed by atoms with Gasteiger partial charge in [-0.15, -0.1) is 0 Å². The molecule has 0 aliphatic carbocycles. The second-order valence-electron chi connectivity index (χ2n) is 4.30. The Hall–Kier alpha value is -1.13. The zero-order valence-corrected chi connectivity index (χ0v) is 10.4. The van der Waals surface area contributed by atoms with Gasteiger partial charge in [0, 0.05) is 16.6 Å². The number of hydrogen-bond donors (Lipinski definition) is 2. The Balaban J connectivity index is 3.13. The Bertz CT molecular complexity index is 423. The minimum Gasteiger partial charge on any atom is -0.481 e. The lowest BCUT2D eigenvalue weighted by atomic mass is 9.85. The van der Waals surface area contributed by atoms with Gasteiger partial charge >= 0.3 is 5.97 Å². The van der Waals surface area contributed by atoms with Crippen molar-refractivity contribution in [3.05, 3.63) is 34.6 Å². The van der Waals surface area contributed by atoms with Gasteiger partial charge in [-0.2, -0.15) is 0 Å². The quantitative estimate of drug-likeness (QED) is 0.874. The lowest BCUT2D eigenvalue weighted by molar-refractivity contribution is -0.144. The normalized spacial score (nSPS) is 14.7. The Morgan fingerprint density at radius 1 is 1.47 bits per heavy atom. The second kappa shape index (κ2) is 5.47. The minimum atomic E-state index is -1.04. The Morgan fingerprint density at radius 2 is 2.06 bits per heavy atom. The summed E-state index contributed by atoms with van der Waals surface area (Å²) in [6.45, 7) is 3.47. The molecule has 3 nitrogen and oxygen atoms in total. The smallest absolute Gasteiger partial charge is 0.308 e. The summed E-state index contributed by atoms with van der Waals surface area (Å²) in [5.41, 5.74) is 5.97. The van der Waals surface area contributed by atoms with Crippen molar-refractivity contribution in [2.45, 2.75) is 19.9 Å². The molecule has 1 rings (SSSR count). The van der Waals surface area contributed by atoms with E-state index >= 15 is 0 Å². The third-order valence-corrected chi connectivity index (χ3v) is 2.94. The number of aliphatic carboxylic acids is 1. The molecule has 0 aliphatic heterocycles. The molecule has 2 atom stereocenters. The minimum absolute atomic E-state index is 0.138. The van der Waals surface area contributed by atoms with Gasteiger partial charge < -0.3 is 10.8 Å². The van der Waals surface area contributed by atoms with Crippen molar-refractivity contribution in [1.29, 1.82) is 0 Å². The number of halogens is 2. The van der Waals surface area contributed by atoms with E-state index in [1.54, 1.807) is 13.8 Å². The maximum atomic E-state index is 13.6. The van der Waals surface area contributed by atoms with Gasteiger partial charge in [0.15, 0.2) is 0 Å². The number of carboxylic acids is 1. The highest BCUT2D eigenvalue weighted by Crippen LogP contribution is 2.29. The fourth-order valence-corrected chi connectivity index (χ4v) is 2.00. The van der Waals surface area contributed by atoms with Crippen LogP contribution in [0.2, 0.25) is 5.02 Å². The molecule has 0 amide bonds. The van der Waals surface area contributed by atoms with E-state index in [0.717, 1.165) is 0 Å². The molecule has 5 heteroatoms. The third kappa shape index (κ3) is 3.17. The van der Waals surface area contributed by atoms with Gasteiger partial charge in [0.05, 0.1) is 5.92 Å². The van der Waals surface area contributed by atoms with Crippen molar-refractivity contribution in [1.82, 2.24) is 0 Å². The first-order chi connectivity index (χ1) is 7.84. The fourth-order valence-electron chi connectivity index (χ4n) is 1.82. The highest BCUT2D eigenvalue weighted by Gasteiger charge is 2.31. The Morgan fingerprint density at radius 3 is 2.53 bits per heavy atom. The van der Waals surface area contributed by atoms with Crippen LogP contribution in [-0.2, 0) is 4.79 Å². The first-order valence-electron chi connectivity index (χ1n) is 5.28. The van der Waals surface area contributed by atoms with Crippen molar-refractivity contribution in [3.63, 3.8) is 0 Å². The summed E-state index contributed by atoms with van der Waals surface area (Å²) >= 11 is 5.76. The van der Waals surface area contributed by atoms with E-state index in [1.165, 1.54) is 18.2 Å². The lowest BCUT2D eigenvalue weighted by Crippen LogP contribution is -2.32. The van der Waals surface area contributed by atoms with Crippen LogP contribution in [0, 0.1) is 17.7 Å². The van der Waals surface area contributed by atoms with Gasteiger partial charge in [-0.05, 0) is 24.1 Å². The van der Waals surface area contributed by atoms with Crippen molar-refractivity contribution in [3.8, 4) is 0 Å². The van der Waals surface area contributed by atoms with Gasteiger partial charge in [-0.1, -0.05) is 25.4 Å². The van der Waals surface area contributed by atoms with Crippen LogP contribution >= 0.6 is 11.6 Å². The molecule has 0 bridgehead atoms. The number of carbonyl (C=O) groups is 1.